The van der Waals surface area contributed by atoms with E-state index in [9.17, 15) is 9.59 Å². The van der Waals surface area contributed by atoms with Crippen LogP contribution in [0.1, 0.15) is 34.1 Å². The SMILES string of the molecule is CCOC(=O)CC(=O)CO[Si](C)(C)C(C)(C)C. The monoisotopic (exact) mass is 260 g/mol. The maximum absolute atomic E-state index is 11.5. The molecule has 0 radical (unpaired) electrons. The van der Waals surface area contributed by atoms with E-state index in [0.29, 0.717) is 6.61 Å². The second-order valence-electron chi connectivity index (χ2n) is 5.57. The first-order valence-electron chi connectivity index (χ1n) is 5.91. The Morgan fingerprint density at radius 3 is 2.12 bits per heavy atom. The number of hydrogen-bond acceptors (Lipinski definition) is 4. The molecule has 100 valence electrons. The zero-order valence-corrected chi connectivity index (χ0v) is 12.8. The van der Waals surface area contributed by atoms with Gasteiger partial charge in [-0.2, -0.15) is 0 Å². The van der Waals surface area contributed by atoms with Crippen molar-refractivity contribution in [3.8, 4) is 0 Å². The molecular formula is C12H24O4Si. The summed E-state index contributed by atoms with van der Waals surface area (Å²) in [7, 11) is -1.91. The molecule has 0 unspecified atom stereocenters. The van der Waals surface area contributed by atoms with E-state index in [1.54, 1.807) is 6.92 Å². The molecule has 0 bridgehead atoms. The molecule has 0 aromatic heterocycles. The van der Waals surface area contributed by atoms with E-state index in [2.05, 4.69) is 33.9 Å². The highest BCUT2D eigenvalue weighted by Crippen LogP contribution is 2.36. The number of rotatable bonds is 6. The molecule has 0 aliphatic carbocycles. The molecule has 0 aromatic carbocycles. The van der Waals surface area contributed by atoms with Crippen LogP contribution in [0.2, 0.25) is 18.1 Å². The lowest BCUT2D eigenvalue weighted by Crippen LogP contribution is -2.42. The second-order valence-corrected chi connectivity index (χ2v) is 10.4. The first kappa shape index (κ1) is 16.3. The molecule has 0 saturated heterocycles. The Bertz CT molecular complexity index is 279. The largest absolute Gasteiger partial charge is 0.466 e. The first-order chi connectivity index (χ1) is 7.60. The zero-order chi connectivity index (χ0) is 13.7. The normalized spacial score (nSPS) is 12.4. The molecule has 0 atom stereocenters. The van der Waals surface area contributed by atoms with E-state index < -0.39 is 14.3 Å². The Labute approximate surface area is 105 Å². The predicted octanol–water partition coefficient (Wildman–Crippen LogP) is 2.53. The summed E-state index contributed by atoms with van der Waals surface area (Å²) >= 11 is 0. The quantitative estimate of drug-likeness (QED) is 0.418. The molecule has 0 heterocycles. The third-order valence-corrected chi connectivity index (χ3v) is 7.53. The molecule has 0 spiro atoms. The summed E-state index contributed by atoms with van der Waals surface area (Å²) in [5.41, 5.74) is 0. The summed E-state index contributed by atoms with van der Waals surface area (Å²) in [4.78, 5) is 22.6. The number of hydrogen-bond donors (Lipinski definition) is 0. The van der Waals surface area contributed by atoms with Gasteiger partial charge in [0.2, 0.25) is 0 Å². The number of esters is 1. The van der Waals surface area contributed by atoms with Crippen molar-refractivity contribution in [3.63, 3.8) is 0 Å². The topological polar surface area (TPSA) is 52.6 Å². The fraction of sp³-hybridized carbons (Fsp3) is 0.833. The van der Waals surface area contributed by atoms with E-state index >= 15 is 0 Å². The first-order valence-corrected chi connectivity index (χ1v) is 8.82. The average molecular weight is 260 g/mol. The van der Waals surface area contributed by atoms with Gasteiger partial charge in [0.25, 0.3) is 0 Å². The van der Waals surface area contributed by atoms with Crippen molar-refractivity contribution < 1.29 is 18.8 Å². The summed E-state index contributed by atoms with van der Waals surface area (Å²) in [5.74, 6) is -0.690. The molecule has 0 rings (SSSR count). The van der Waals surface area contributed by atoms with Gasteiger partial charge < -0.3 is 9.16 Å². The molecule has 0 aliphatic heterocycles. The number of carbonyl (C=O) groups excluding carboxylic acids is 2. The predicted molar refractivity (Wildman–Crippen MR) is 69.4 cm³/mol. The van der Waals surface area contributed by atoms with E-state index in [0.717, 1.165) is 0 Å². The van der Waals surface area contributed by atoms with Gasteiger partial charge in [0.05, 0.1) is 13.2 Å². The van der Waals surface area contributed by atoms with Crippen molar-refractivity contribution in [3.05, 3.63) is 0 Å². The van der Waals surface area contributed by atoms with Crippen molar-refractivity contribution in [2.24, 2.45) is 0 Å². The Balaban J connectivity index is 4.13. The Kier molecular flexibility index (Phi) is 6.05. The summed E-state index contributed by atoms with van der Waals surface area (Å²) in [6.45, 7) is 12.5. The van der Waals surface area contributed by atoms with Crippen LogP contribution in [0.5, 0.6) is 0 Å². The number of ketones is 1. The van der Waals surface area contributed by atoms with Gasteiger partial charge in [-0.3, -0.25) is 9.59 Å². The molecular weight excluding hydrogens is 236 g/mol. The van der Waals surface area contributed by atoms with Crippen LogP contribution < -0.4 is 0 Å². The van der Waals surface area contributed by atoms with Crippen molar-refractivity contribution in [2.75, 3.05) is 13.2 Å². The minimum absolute atomic E-state index is 0.00923. The molecule has 0 aliphatic rings. The smallest absolute Gasteiger partial charge is 0.313 e. The summed E-state index contributed by atoms with van der Waals surface area (Å²) in [6.07, 6.45) is -0.192. The lowest BCUT2D eigenvalue weighted by Gasteiger charge is -2.35. The number of Topliss-reactive ketones (excluding diaryl/α,β-unsaturated/α-hetero) is 1. The Morgan fingerprint density at radius 2 is 1.71 bits per heavy atom. The van der Waals surface area contributed by atoms with E-state index in [1.807, 2.05) is 0 Å². The van der Waals surface area contributed by atoms with Gasteiger partial charge >= 0.3 is 5.97 Å². The number of ether oxygens (including phenoxy) is 1. The maximum atomic E-state index is 11.5. The molecule has 0 N–H and O–H groups in total. The van der Waals surface area contributed by atoms with Crippen LogP contribution in [0.3, 0.4) is 0 Å². The van der Waals surface area contributed by atoms with E-state index in [1.165, 1.54) is 0 Å². The van der Waals surface area contributed by atoms with Crippen LogP contribution in [0.25, 0.3) is 0 Å². The lowest BCUT2D eigenvalue weighted by molar-refractivity contribution is -0.146. The van der Waals surface area contributed by atoms with E-state index in [-0.39, 0.29) is 23.8 Å². The molecule has 4 nitrogen and oxygen atoms in total. The fourth-order valence-electron chi connectivity index (χ4n) is 0.901. The Hall–Kier alpha value is -0.683. The average Bonchev–Trinajstić information content (AvgIpc) is 2.13. The minimum Gasteiger partial charge on any atom is -0.466 e. The molecule has 17 heavy (non-hydrogen) atoms. The van der Waals surface area contributed by atoms with Crippen LogP contribution in [-0.4, -0.2) is 33.3 Å². The summed E-state index contributed by atoms with van der Waals surface area (Å²) in [5, 5.41) is 0.0667. The third-order valence-electron chi connectivity index (χ3n) is 3.05. The van der Waals surface area contributed by atoms with E-state index in [4.69, 9.17) is 9.16 Å². The molecule has 0 amide bonds. The van der Waals surface area contributed by atoms with Crippen LogP contribution in [0.15, 0.2) is 0 Å². The Morgan fingerprint density at radius 1 is 1.18 bits per heavy atom. The zero-order valence-electron chi connectivity index (χ0n) is 11.8. The van der Waals surface area contributed by atoms with Crippen LogP contribution >= 0.6 is 0 Å². The number of carbonyl (C=O) groups is 2. The van der Waals surface area contributed by atoms with Gasteiger partial charge in [-0.15, -0.1) is 0 Å². The molecule has 0 aromatic rings. The highest BCUT2D eigenvalue weighted by Gasteiger charge is 2.37. The van der Waals surface area contributed by atoms with Gasteiger partial charge in [0, 0.05) is 0 Å². The van der Waals surface area contributed by atoms with Crippen LogP contribution in [-0.2, 0) is 18.8 Å². The van der Waals surface area contributed by atoms with Gasteiger partial charge in [-0.1, -0.05) is 20.8 Å². The summed E-state index contributed by atoms with van der Waals surface area (Å²) in [6, 6.07) is 0. The van der Waals surface area contributed by atoms with Crippen LogP contribution in [0, 0.1) is 0 Å². The van der Waals surface area contributed by atoms with Gasteiger partial charge in [-0.05, 0) is 25.1 Å². The van der Waals surface area contributed by atoms with Crippen molar-refractivity contribution in [2.45, 2.75) is 52.2 Å². The molecule has 0 fully saturated rings. The highest BCUT2D eigenvalue weighted by molar-refractivity contribution is 6.74. The van der Waals surface area contributed by atoms with Crippen molar-refractivity contribution in [1.29, 1.82) is 0 Å². The summed E-state index contributed by atoms with van der Waals surface area (Å²) < 4.78 is 10.4. The van der Waals surface area contributed by atoms with Gasteiger partial charge in [0.1, 0.15) is 6.42 Å². The third kappa shape index (κ3) is 5.98. The fourth-order valence-corrected chi connectivity index (χ4v) is 1.86. The highest BCUT2D eigenvalue weighted by atomic mass is 28.4. The van der Waals surface area contributed by atoms with Crippen LogP contribution in [0.4, 0.5) is 0 Å². The lowest BCUT2D eigenvalue weighted by atomic mass is 10.2. The standard InChI is InChI=1S/C12H24O4Si/c1-7-15-11(14)8-10(13)9-16-17(5,6)12(2,3)4/h7-9H2,1-6H3. The molecule has 0 saturated carbocycles. The second kappa shape index (κ2) is 6.30. The maximum Gasteiger partial charge on any atom is 0.313 e. The van der Waals surface area contributed by atoms with Gasteiger partial charge in [0.15, 0.2) is 14.1 Å². The minimum atomic E-state index is -1.91. The molecule has 5 heteroatoms. The van der Waals surface area contributed by atoms with Crippen molar-refractivity contribution in [1.82, 2.24) is 0 Å². The van der Waals surface area contributed by atoms with Crippen molar-refractivity contribution >= 4 is 20.1 Å². The van der Waals surface area contributed by atoms with Gasteiger partial charge in [-0.25, -0.2) is 0 Å².